The molecule has 1 aromatic rings. The smallest absolute Gasteiger partial charge is 0.251 e. The van der Waals surface area contributed by atoms with E-state index in [1.54, 1.807) is 0 Å². The Morgan fingerprint density at radius 1 is 1.12 bits per heavy atom. The molecule has 4 nitrogen and oxygen atoms in total. The molecule has 0 bridgehead atoms. The van der Waals surface area contributed by atoms with Gasteiger partial charge in [-0.3, -0.25) is 9.69 Å². The molecule has 1 heterocycles. The number of hydrogen-bond donors (Lipinski definition) is 0. The van der Waals surface area contributed by atoms with E-state index in [0.29, 0.717) is 18.7 Å². The summed E-state index contributed by atoms with van der Waals surface area (Å²) in [5, 5.41) is 0. The number of carbonyl (C=O) groups excluding carboxylic acids is 1. The van der Waals surface area contributed by atoms with Crippen molar-refractivity contribution in [1.29, 1.82) is 0 Å². The number of amides is 1. The fourth-order valence-electron chi connectivity index (χ4n) is 4.26. The number of hydrogen-bond acceptors (Lipinski definition) is 3. The Balaban J connectivity index is 1.58. The number of rotatable bonds is 7. The molecule has 1 fully saturated rings. The van der Waals surface area contributed by atoms with Crippen LogP contribution < -0.4 is 9.64 Å². The zero-order valence-corrected chi connectivity index (χ0v) is 16.6. The van der Waals surface area contributed by atoms with E-state index in [2.05, 4.69) is 32.6 Å². The fraction of sp³-hybridized carbons (Fsp3) is 0.591. The predicted octanol–water partition coefficient (Wildman–Crippen LogP) is 4.40. The van der Waals surface area contributed by atoms with Crippen molar-refractivity contribution in [3.63, 3.8) is 0 Å². The van der Waals surface area contributed by atoms with Crippen molar-refractivity contribution in [2.24, 2.45) is 0 Å². The van der Waals surface area contributed by atoms with Crippen LogP contribution in [0.4, 0.5) is 5.69 Å². The van der Waals surface area contributed by atoms with Crippen LogP contribution in [0.3, 0.4) is 0 Å². The van der Waals surface area contributed by atoms with Crippen molar-refractivity contribution in [3.8, 4) is 5.75 Å². The highest BCUT2D eigenvalue weighted by Crippen LogP contribution is 2.36. The standard InChI is InChI=1S/C22H32N2O2/c1-16(2)23(17(3)4)13-14-26-20-11-9-19(10-12-20)24-21-8-6-5-7-18(21)15-22(24)25/h9-12,15-17,21H,5-8,13-14H2,1-4H3. The lowest BCUT2D eigenvalue weighted by atomic mass is 9.91. The topological polar surface area (TPSA) is 32.8 Å². The number of nitrogens with zero attached hydrogens (tertiary/aromatic N) is 2. The second-order valence-electron chi connectivity index (χ2n) is 7.96. The second kappa shape index (κ2) is 8.26. The van der Waals surface area contributed by atoms with Crippen LogP contribution in [-0.4, -0.2) is 42.1 Å². The molecule has 0 radical (unpaired) electrons. The monoisotopic (exact) mass is 356 g/mol. The SMILES string of the molecule is CC(C)N(CCOc1ccc(N2C(=O)C=C3CCCCC32)cc1)C(C)C. The maximum atomic E-state index is 12.4. The lowest BCUT2D eigenvalue weighted by Crippen LogP contribution is -2.39. The van der Waals surface area contributed by atoms with E-state index in [1.165, 1.54) is 18.4 Å². The Hall–Kier alpha value is -1.81. The van der Waals surface area contributed by atoms with Crippen LogP contribution in [0, 0.1) is 0 Å². The van der Waals surface area contributed by atoms with E-state index in [0.717, 1.165) is 30.8 Å². The minimum atomic E-state index is 0.130. The third-order valence-electron chi connectivity index (χ3n) is 5.54. The summed E-state index contributed by atoms with van der Waals surface area (Å²) >= 11 is 0. The maximum Gasteiger partial charge on any atom is 0.251 e. The quantitative estimate of drug-likeness (QED) is 0.726. The first kappa shape index (κ1) is 19.0. The van der Waals surface area contributed by atoms with E-state index in [-0.39, 0.29) is 11.9 Å². The summed E-state index contributed by atoms with van der Waals surface area (Å²) in [6.07, 6.45) is 6.40. The average Bonchev–Trinajstić information content (AvgIpc) is 2.94. The fourth-order valence-corrected chi connectivity index (χ4v) is 4.26. The van der Waals surface area contributed by atoms with Crippen LogP contribution in [0.2, 0.25) is 0 Å². The van der Waals surface area contributed by atoms with Gasteiger partial charge < -0.3 is 9.64 Å². The van der Waals surface area contributed by atoms with E-state index in [9.17, 15) is 4.79 Å². The highest BCUT2D eigenvalue weighted by Gasteiger charge is 2.34. The third kappa shape index (κ3) is 4.12. The predicted molar refractivity (Wildman–Crippen MR) is 107 cm³/mol. The Kier molecular flexibility index (Phi) is 6.02. The van der Waals surface area contributed by atoms with Gasteiger partial charge in [-0.15, -0.1) is 0 Å². The summed E-state index contributed by atoms with van der Waals surface area (Å²) in [5.74, 6) is 0.995. The van der Waals surface area contributed by atoms with Crippen molar-refractivity contribution in [2.75, 3.05) is 18.1 Å². The van der Waals surface area contributed by atoms with Gasteiger partial charge in [0.15, 0.2) is 0 Å². The molecule has 0 saturated heterocycles. The maximum absolute atomic E-state index is 12.4. The molecular formula is C22H32N2O2. The van der Waals surface area contributed by atoms with E-state index in [4.69, 9.17) is 4.74 Å². The molecule has 0 spiro atoms. The van der Waals surface area contributed by atoms with Gasteiger partial charge in [0.05, 0.1) is 6.04 Å². The third-order valence-corrected chi connectivity index (χ3v) is 5.54. The van der Waals surface area contributed by atoms with Crippen LogP contribution in [-0.2, 0) is 4.79 Å². The van der Waals surface area contributed by atoms with Crippen molar-refractivity contribution >= 4 is 11.6 Å². The second-order valence-corrected chi connectivity index (χ2v) is 7.96. The number of fused-ring (bicyclic) bond motifs is 1. The molecule has 142 valence electrons. The minimum absolute atomic E-state index is 0.130. The van der Waals surface area contributed by atoms with Crippen LogP contribution >= 0.6 is 0 Å². The van der Waals surface area contributed by atoms with Gasteiger partial charge in [-0.2, -0.15) is 0 Å². The zero-order valence-electron chi connectivity index (χ0n) is 16.6. The Labute approximate surface area is 157 Å². The Bertz CT molecular complexity index is 641. The van der Waals surface area contributed by atoms with E-state index in [1.807, 2.05) is 35.2 Å². The van der Waals surface area contributed by atoms with Crippen LogP contribution in [0.1, 0.15) is 53.4 Å². The van der Waals surface area contributed by atoms with Gasteiger partial charge in [0.1, 0.15) is 12.4 Å². The van der Waals surface area contributed by atoms with Gasteiger partial charge in [0, 0.05) is 30.4 Å². The summed E-state index contributed by atoms with van der Waals surface area (Å²) in [7, 11) is 0. The molecular weight excluding hydrogens is 324 g/mol. The normalized spacial score (nSPS) is 20.1. The van der Waals surface area contributed by atoms with Crippen LogP contribution in [0.5, 0.6) is 5.75 Å². The molecule has 0 N–H and O–H groups in total. The molecule has 1 aromatic carbocycles. The van der Waals surface area contributed by atoms with Gasteiger partial charge in [0.25, 0.3) is 5.91 Å². The molecule has 26 heavy (non-hydrogen) atoms. The van der Waals surface area contributed by atoms with Gasteiger partial charge in [-0.05, 0) is 76.8 Å². The summed E-state index contributed by atoms with van der Waals surface area (Å²) in [6.45, 7) is 10.5. The summed E-state index contributed by atoms with van der Waals surface area (Å²) in [6, 6.07) is 9.30. The average molecular weight is 357 g/mol. The summed E-state index contributed by atoms with van der Waals surface area (Å²) in [4.78, 5) is 16.8. The van der Waals surface area contributed by atoms with Crippen molar-refractivity contribution in [2.45, 2.75) is 71.5 Å². The molecule has 1 unspecified atom stereocenters. The number of benzene rings is 1. The lowest BCUT2D eigenvalue weighted by Gasteiger charge is -2.31. The van der Waals surface area contributed by atoms with Gasteiger partial charge in [0.2, 0.25) is 0 Å². The zero-order chi connectivity index (χ0) is 18.7. The highest BCUT2D eigenvalue weighted by atomic mass is 16.5. The van der Waals surface area contributed by atoms with Crippen molar-refractivity contribution < 1.29 is 9.53 Å². The molecule has 0 aromatic heterocycles. The lowest BCUT2D eigenvalue weighted by molar-refractivity contribution is -0.113. The summed E-state index contributed by atoms with van der Waals surface area (Å²) in [5.41, 5.74) is 2.29. The molecule has 1 atom stereocenters. The summed E-state index contributed by atoms with van der Waals surface area (Å²) < 4.78 is 5.93. The van der Waals surface area contributed by atoms with Crippen molar-refractivity contribution in [3.05, 3.63) is 35.9 Å². The molecule has 1 saturated carbocycles. The van der Waals surface area contributed by atoms with Crippen LogP contribution in [0.15, 0.2) is 35.9 Å². The molecule has 1 aliphatic heterocycles. The molecule has 2 aliphatic rings. The van der Waals surface area contributed by atoms with Gasteiger partial charge in [-0.25, -0.2) is 0 Å². The Morgan fingerprint density at radius 2 is 1.81 bits per heavy atom. The first-order chi connectivity index (χ1) is 12.5. The number of ether oxygens (including phenoxy) is 1. The molecule has 1 aliphatic carbocycles. The molecule has 1 amide bonds. The number of carbonyl (C=O) groups is 1. The molecule has 4 heteroatoms. The Morgan fingerprint density at radius 3 is 2.46 bits per heavy atom. The number of anilines is 1. The van der Waals surface area contributed by atoms with Crippen molar-refractivity contribution in [1.82, 2.24) is 4.90 Å². The first-order valence-electron chi connectivity index (χ1n) is 9.99. The van der Waals surface area contributed by atoms with Gasteiger partial charge >= 0.3 is 0 Å². The highest BCUT2D eigenvalue weighted by molar-refractivity contribution is 6.06. The van der Waals surface area contributed by atoms with Gasteiger partial charge in [-0.1, -0.05) is 6.42 Å². The van der Waals surface area contributed by atoms with E-state index < -0.39 is 0 Å². The molecule has 3 rings (SSSR count). The minimum Gasteiger partial charge on any atom is -0.492 e. The first-order valence-corrected chi connectivity index (χ1v) is 9.99. The largest absolute Gasteiger partial charge is 0.492 e. The van der Waals surface area contributed by atoms with E-state index >= 15 is 0 Å². The van der Waals surface area contributed by atoms with Crippen LogP contribution in [0.25, 0.3) is 0 Å².